The van der Waals surface area contributed by atoms with Gasteiger partial charge in [0.05, 0.1) is 12.2 Å². The van der Waals surface area contributed by atoms with Crippen molar-refractivity contribution in [3.8, 4) is 5.75 Å². The van der Waals surface area contributed by atoms with E-state index >= 15 is 0 Å². The van der Waals surface area contributed by atoms with Gasteiger partial charge in [0.1, 0.15) is 5.75 Å². The highest BCUT2D eigenvalue weighted by molar-refractivity contribution is 6.30. The van der Waals surface area contributed by atoms with Crippen LogP contribution in [0.1, 0.15) is 47.2 Å². The van der Waals surface area contributed by atoms with Crippen LogP contribution in [0, 0.1) is 0 Å². The van der Waals surface area contributed by atoms with Crippen LogP contribution in [0.25, 0.3) is 0 Å². The van der Waals surface area contributed by atoms with Crippen LogP contribution in [-0.2, 0) is 12.0 Å². The molecule has 148 valence electrons. The monoisotopic (exact) mass is 399 g/mol. The number of aliphatic hydroxyl groups is 1. The number of hydrogen-bond acceptors (Lipinski definition) is 4. The van der Waals surface area contributed by atoms with Crippen LogP contribution in [0.5, 0.6) is 5.75 Å². The van der Waals surface area contributed by atoms with Crippen LogP contribution in [0.4, 0.5) is 0 Å². The van der Waals surface area contributed by atoms with E-state index in [1.165, 1.54) is 0 Å². The molecule has 1 saturated heterocycles. The second-order valence-corrected chi connectivity index (χ2v) is 8.26. The van der Waals surface area contributed by atoms with Gasteiger partial charge in [0.2, 0.25) is 0 Å². The summed E-state index contributed by atoms with van der Waals surface area (Å²) in [6, 6.07) is 13.3. The van der Waals surface area contributed by atoms with Gasteiger partial charge in [-0.2, -0.15) is 0 Å². The maximum atomic E-state index is 12.5. The molecule has 2 aromatic carbocycles. The molecule has 4 rings (SSSR count). The summed E-state index contributed by atoms with van der Waals surface area (Å²) in [7, 11) is 0. The molecule has 28 heavy (non-hydrogen) atoms. The van der Waals surface area contributed by atoms with Gasteiger partial charge in [0.25, 0.3) is 0 Å². The molecule has 0 aromatic heterocycles. The molecule has 1 fully saturated rings. The Morgan fingerprint density at radius 1 is 1.14 bits per heavy atom. The molecule has 2 aromatic rings. The number of ether oxygens (including phenoxy) is 1. The van der Waals surface area contributed by atoms with Crippen molar-refractivity contribution < 1.29 is 14.6 Å². The molecule has 0 bridgehead atoms. The molecule has 0 unspecified atom stereocenters. The first-order valence-electron chi connectivity index (χ1n) is 10.0. The van der Waals surface area contributed by atoms with Gasteiger partial charge in [-0.05, 0) is 67.3 Å². The molecule has 0 aliphatic carbocycles. The Balaban J connectivity index is 1.24. The van der Waals surface area contributed by atoms with Gasteiger partial charge in [0.15, 0.2) is 5.78 Å². The minimum Gasteiger partial charge on any atom is -0.493 e. The summed E-state index contributed by atoms with van der Waals surface area (Å²) >= 11 is 5.95. The fraction of sp³-hybridized carbons (Fsp3) is 0.435. The average molecular weight is 400 g/mol. The van der Waals surface area contributed by atoms with Gasteiger partial charge in [-0.25, -0.2) is 0 Å². The van der Waals surface area contributed by atoms with E-state index < -0.39 is 5.60 Å². The zero-order valence-electron chi connectivity index (χ0n) is 16.0. The van der Waals surface area contributed by atoms with Crippen molar-refractivity contribution in [3.05, 3.63) is 64.2 Å². The highest BCUT2D eigenvalue weighted by Crippen LogP contribution is 2.33. The highest BCUT2D eigenvalue weighted by Gasteiger charge is 2.33. The largest absolute Gasteiger partial charge is 0.493 e. The van der Waals surface area contributed by atoms with Crippen LogP contribution < -0.4 is 4.74 Å². The number of piperidine rings is 1. The van der Waals surface area contributed by atoms with Gasteiger partial charge in [-0.1, -0.05) is 23.7 Å². The van der Waals surface area contributed by atoms with E-state index in [0.717, 1.165) is 54.9 Å². The second kappa shape index (κ2) is 8.24. The summed E-state index contributed by atoms with van der Waals surface area (Å²) in [6.45, 7) is 3.27. The SMILES string of the molecule is O=C(CCCN1CCC(O)(c2ccc(Cl)cc2)CC1)c1ccc2c(c1)CCO2. The van der Waals surface area contributed by atoms with Crippen LogP contribution >= 0.6 is 11.6 Å². The zero-order valence-corrected chi connectivity index (χ0v) is 16.8. The van der Waals surface area contributed by atoms with Crippen molar-refractivity contribution in [2.75, 3.05) is 26.2 Å². The Hall–Kier alpha value is -1.88. The van der Waals surface area contributed by atoms with Crippen molar-refractivity contribution in [3.63, 3.8) is 0 Å². The summed E-state index contributed by atoms with van der Waals surface area (Å²) in [4.78, 5) is 14.8. The highest BCUT2D eigenvalue weighted by atomic mass is 35.5. The van der Waals surface area contributed by atoms with Crippen molar-refractivity contribution >= 4 is 17.4 Å². The fourth-order valence-electron chi connectivity index (χ4n) is 4.16. The molecule has 5 heteroatoms. The standard InChI is InChI=1S/C23H26ClNO3/c24-20-6-4-19(5-7-20)23(27)10-13-25(14-11-23)12-1-2-21(26)17-3-8-22-18(16-17)9-15-28-22/h3-8,16,27H,1-2,9-15H2. The summed E-state index contributed by atoms with van der Waals surface area (Å²) < 4.78 is 5.50. The van der Waals surface area contributed by atoms with Gasteiger partial charge in [-0.15, -0.1) is 0 Å². The number of fused-ring (bicyclic) bond motifs is 1. The number of carbonyl (C=O) groups excluding carboxylic acids is 1. The molecule has 0 atom stereocenters. The van der Waals surface area contributed by atoms with Crippen LogP contribution in [0.15, 0.2) is 42.5 Å². The van der Waals surface area contributed by atoms with E-state index in [4.69, 9.17) is 16.3 Å². The van der Waals surface area contributed by atoms with E-state index in [-0.39, 0.29) is 5.78 Å². The van der Waals surface area contributed by atoms with Crippen molar-refractivity contribution in [1.29, 1.82) is 0 Å². The third-order valence-electron chi connectivity index (χ3n) is 5.95. The molecule has 2 aliphatic rings. The van der Waals surface area contributed by atoms with Gasteiger partial charge >= 0.3 is 0 Å². The first kappa shape index (κ1) is 19.4. The Bertz CT molecular complexity index is 841. The summed E-state index contributed by atoms with van der Waals surface area (Å²) in [5.41, 5.74) is 2.10. The maximum absolute atomic E-state index is 12.5. The predicted molar refractivity (Wildman–Crippen MR) is 110 cm³/mol. The Morgan fingerprint density at radius 2 is 1.89 bits per heavy atom. The van der Waals surface area contributed by atoms with Gasteiger partial charge in [0, 0.05) is 36.5 Å². The second-order valence-electron chi connectivity index (χ2n) is 7.83. The lowest BCUT2D eigenvalue weighted by Crippen LogP contribution is -2.42. The number of rotatable bonds is 6. The maximum Gasteiger partial charge on any atom is 0.162 e. The number of ketones is 1. The molecular formula is C23H26ClNO3. The molecule has 2 aliphatic heterocycles. The number of Topliss-reactive ketones (excluding diaryl/α,β-unsaturated/α-hetero) is 1. The van der Waals surface area contributed by atoms with Crippen LogP contribution in [0.3, 0.4) is 0 Å². The Morgan fingerprint density at radius 3 is 2.64 bits per heavy atom. The van der Waals surface area contributed by atoms with Gasteiger partial charge < -0.3 is 14.7 Å². The van der Waals surface area contributed by atoms with Gasteiger partial charge in [-0.3, -0.25) is 4.79 Å². The summed E-state index contributed by atoms with van der Waals surface area (Å²) in [5.74, 6) is 1.11. The van der Waals surface area contributed by atoms with Crippen molar-refractivity contribution in [2.45, 2.75) is 37.7 Å². The Kier molecular flexibility index (Phi) is 5.72. The number of nitrogens with zero attached hydrogens (tertiary/aromatic N) is 1. The fourth-order valence-corrected chi connectivity index (χ4v) is 4.29. The minimum absolute atomic E-state index is 0.198. The number of carbonyl (C=O) groups is 1. The molecule has 0 amide bonds. The predicted octanol–water partition coefficient (Wildman–Crippen LogP) is 4.22. The first-order chi connectivity index (χ1) is 13.5. The lowest BCUT2D eigenvalue weighted by atomic mass is 9.84. The normalized spacial score (nSPS) is 18.5. The first-order valence-corrected chi connectivity index (χ1v) is 10.4. The van der Waals surface area contributed by atoms with Crippen LogP contribution in [-0.4, -0.2) is 42.0 Å². The molecule has 2 heterocycles. The van der Waals surface area contributed by atoms with E-state index in [1.54, 1.807) is 0 Å². The molecule has 0 spiro atoms. The lowest BCUT2D eigenvalue weighted by molar-refractivity contribution is -0.0260. The number of hydrogen-bond donors (Lipinski definition) is 1. The molecule has 0 saturated carbocycles. The lowest BCUT2D eigenvalue weighted by Gasteiger charge is -2.38. The van der Waals surface area contributed by atoms with E-state index in [1.807, 2.05) is 42.5 Å². The third kappa shape index (κ3) is 4.24. The number of halogens is 1. The molecule has 0 radical (unpaired) electrons. The average Bonchev–Trinajstić information content (AvgIpc) is 3.18. The quantitative estimate of drug-likeness (QED) is 0.739. The third-order valence-corrected chi connectivity index (χ3v) is 6.21. The molecule has 4 nitrogen and oxygen atoms in total. The van der Waals surface area contributed by atoms with Crippen LogP contribution in [0.2, 0.25) is 5.02 Å². The topological polar surface area (TPSA) is 49.8 Å². The van der Waals surface area contributed by atoms with Crippen molar-refractivity contribution in [2.24, 2.45) is 0 Å². The van der Waals surface area contributed by atoms with E-state index in [9.17, 15) is 9.90 Å². The molecule has 1 N–H and O–H groups in total. The van der Waals surface area contributed by atoms with E-state index in [2.05, 4.69) is 4.90 Å². The molecular weight excluding hydrogens is 374 g/mol. The number of benzene rings is 2. The smallest absolute Gasteiger partial charge is 0.162 e. The van der Waals surface area contributed by atoms with Crippen molar-refractivity contribution in [1.82, 2.24) is 4.90 Å². The Labute approximate surface area is 171 Å². The number of likely N-dealkylation sites (tertiary alicyclic amines) is 1. The van der Waals surface area contributed by atoms with E-state index in [0.29, 0.717) is 30.9 Å². The summed E-state index contributed by atoms with van der Waals surface area (Å²) in [5, 5.41) is 11.6. The zero-order chi connectivity index (χ0) is 19.6. The summed E-state index contributed by atoms with van der Waals surface area (Å²) in [6.07, 6.45) is 3.69. The minimum atomic E-state index is -0.774.